The molecule has 0 unspecified atom stereocenters. The van der Waals surface area contributed by atoms with Crippen molar-refractivity contribution in [2.24, 2.45) is 0 Å². The first-order valence-electron chi connectivity index (χ1n) is 21.1. The van der Waals surface area contributed by atoms with Gasteiger partial charge >= 0.3 is 0 Å². The van der Waals surface area contributed by atoms with E-state index < -0.39 is 0 Å². The fourth-order valence-corrected chi connectivity index (χ4v) is 7.50. The van der Waals surface area contributed by atoms with Crippen LogP contribution in [0.4, 0.5) is 8.78 Å². The average Bonchev–Trinajstić information content (AvgIpc) is 3.28. The number of hydrogen-bond acceptors (Lipinski definition) is 1. The van der Waals surface area contributed by atoms with Gasteiger partial charge in [-0.1, -0.05) is 190 Å². The molecule has 0 amide bonds. The highest BCUT2D eigenvalue weighted by molar-refractivity contribution is 5.75. The maximum Gasteiger partial charge on any atom is 0.131 e. The minimum absolute atomic E-state index is 0.193. The average molecular weight is 791 g/mol. The van der Waals surface area contributed by atoms with Crippen molar-refractivity contribution in [3.8, 4) is 72.5 Å². The van der Waals surface area contributed by atoms with Gasteiger partial charge in [-0.3, -0.25) is 0 Å². The van der Waals surface area contributed by atoms with Gasteiger partial charge in [0.2, 0.25) is 0 Å². The van der Waals surface area contributed by atoms with Crippen molar-refractivity contribution in [1.82, 2.24) is 0 Å². The van der Waals surface area contributed by atoms with Crippen LogP contribution in [-0.2, 0) is 12.8 Å². The summed E-state index contributed by atoms with van der Waals surface area (Å²) < 4.78 is 35.1. The highest BCUT2D eigenvalue weighted by Gasteiger charge is 2.10. The summed E-state index contributed by atoms with van der Waals surface area (Å²) in [5.74, 6) is 0.377. The number of rotatable bonds is 12. The number of aryl methyl sites for hydroxylation is 3. The van der Waals surface area contributed by atoms with Gasteiger partial charge in [-0.2, -0.15) is 0 Å². The summed E-state index contributed by atoms with van der Waals surface area (Å²) >= 11 is 0. The van der Waals surface area contributed by atoms with E-state index in [2.05, 4.69) is 111 Å². The second-order valence-electron chi connectivity index (χ2n) is 15.3. The van der Waals surface area contributed by atoms with Gasteiger partial charge in [0, 0.05) is 11.1 Å². The van der Waals surface area contributed by atoms with Gasteiger partial charge in [0.05, 0.1) is 6.61 Å². The van der Waals surface area contributed by atoms with Crippen molar-refractivity contribution in [3.05, 3.63) is 210 Å². The Morgan fingerprint density at radius 3 is 0.983 bits per heavy atom. The molecule has 60 heavy (non-hydrogen) atoms. The van der Waals surface area contributed by atoms with Crippen LogP contribution in [0, 0.1) is 18.6 Å². The molecule has 0 saturated carbocycles. The molecule has 0 radical (unpaired) electrons. The zero-order valence-electron chi connectivity index (χ0n) is 35.0. The highest BCUT2D eigenvalue weighted by atomic mass is 19.1. The Bertz CT molecular complexity index is 2590. The molecule has 8 aromatic carbocycles. The molecule has 0 heterocycles. The van der Waals surface area contributed by atoms with Crippen LogP contribution in [0.5, 0.6) is 5.75 Å². The molecule has 8 rings (SSSR count). The molecule has 0 aromatic heterocycles. The van der Waals surface area contributed by atoms with Crippen LogP contribution in [0.2, 0.25) is 0 Å². The Balaban J connectivity index is 0.000000182. The molecule has 0 aliphatic heterocycles. The molecule has 0 bridgehead atoms. The van der Waals surface area contributed by atoms with E-state index >= 15 is 0 Å². The van der Waals surface area contributed by atoms with E-state index in [0.29, 0.717) is 17.7 Å². The van der Waals surface area contributed by atoms with Crippen molar-refractivity contribution < 1.29 is 13.5 Å². The molecule has 0 fully saturated rings. The fraction of sp³-hybridized carbons (Fsp3) is 0.158. The number of halogens is 2. The quantitative estimate of drug-likeness (QED) is 0.120. The van der Waals surface area contributed by atoms with Crippen molar-refractivity contribution in [2.75, 3.05) is 6.61 Å². The van der Waals surface area contributed by atoms with E-state index in [1.165, 1.54) is 38.9 Å². The Labute approximate surface area is 355 Å². The van der Waals surface area contributed by atoms with Gasteiger partial charge in [0.1, 0.15) is 17.4 Å². The summed E-state index contributed by atoms with van der Waals surface area (Å²) in [5.41, 5.74) is 15.4. The highest BCUT2D eigenvalue weighted by Crippen LogP contribution is 2.32. The summed E-state index contributed by atoms with van der Waals surface area (Å²) in [7, 11) is 0. The van der Waals surface area contributed by atoms with Crippen LogP contribution >= 0.6 is 0 Å². The lowest BCUT2D eigenvalue weighted by Crippen LogP contribution is -1.91. The van der Waals surface area contributed by atoms with Gasteiger partial charge in [-0.15, -0.1) is 0 Å². The third-order valence-corrected chi connectivity index (χ3v) is 10.9. The van der Waals surface area contributed by atoms with Crippen LogP contribution in [0.25, 0.3) is 66.8 Å². The predicted molar refractivity (Wildman–Crippen MR) is 249 cm³/mol. The van der Waals surface area contributed by atoms with Crippen LogP contribution in [-0.4, -0.2) is 6.61 Å². The van der Waals surface area contributed by atoms with Crippen molar-refractivity contribution in [2.45, 2.75) is 53.4 Å². The molecule has 0 atom stereocenters. The third-order valence-electron chi connectivity index (χ3n) is 10.9. The fourth-order valence-electron chi connectivity index (χ4n) is 7.50. The Morgan fingerprint density at radius 2 is 0.650 bits per heavy atom. The lowest BCUT2D eigenvalue weighted by atomic mass is 9.97. The van der Waals surface area contributed by atoms with E-state index in [4.69, 9.17) is 4.74 Å². The summed E-state index contributed by atoms with van der Waals surface area (Å²) in [6.45, 7) is 8.99. The standard InChI is InChI=1S/C29H27FO.C28H25F/c1-3-5-21-6-8-22(9-7-21)23-10-12-24(13-11-23)26-16-19-28(29(30)20-26)25-14-17-27(18-15-25)31-4-2;1-3-4-21-7-11-22(12-8-21)23-13-15-24(16-14-23)26-17-18-27(28(29)19-26)25-9-5-20(2)6-10-25/h6-20H,3-5H2,1-2H3;5-19H,3-4H2,1-2H3. The van der Waals surface area contributed by atoms with Crippen LogP contribution < -0.4 is 4.74 Å². The first-order chi connectivity index (χ1) is 29.3. The van der Waals surface area contributed by atoms with E-state index in [1.54, 1.807) is 12.1 Å². The zero-order chi connectivity index (χ0) is 41.8. The minimum atomic E-state index is -0.225. The maximum absolute atomic E-state index is 14.9. The monoisotopic (exact) mass is 790 g/mol. The first-order valence-corrected chi connectivity index (χ1v) is 21.1. The molecule has 3 heteroatoms. The summed E-state index contributed by atoms with van der Waals surface area (Å²) in [6, 6.07) is 60.6. The molecule has 0 N–H and O–H groups in total. The van der Waals surface area contributed by atoms with E-state index in [9.17, 15) is 8.78 Å². The molecule has 300 valence electrons. The van der Waals surface area contributed by atoms with Crippen molar-refractivity contribution in [3.63, 3.8) is 0 Å². The lowest BCUT2D eigenvalue weighted by molar-refractivity contribution is 0.340. The molecule has 0 saturated heterocycles. The second-order valence-corrected chi connectivity index (χ2v) is 15.3. The Morgan fingerprint density at radius 1 is 0.350 bits per heavy atom. The van der Waals surface area contributed by atoms with Crippen LogP contribution in [0.1, 0.15) is 50.3 Å². The summed E-state index contributed by atoms with van der Waals surface area (Å²) in [6.07, 6.45) is 4.54. The largest absolute Gasteiger partial charge is 0.494 e. The van der Waals surface area contributed by atoms with Gasteiger partial charge in [0.15, 0.2) is 0 Å². The van der Waals surface area contributed by atoms with Crippen LogP contribution in [0.3, 0.4) is 0 Å². The van der Waals surface area contributed by atoms with Crippen molar-refractivity contribution >= 4 is 0 Å². The molecular weight excluding hydrogens is 739 g/mol. The van der Waals surface area contributed by atoms with Gasteiger partial charge < -0.3 is 4.74 Å². The molecule has 0 aliphatic carbocycles. The number of benzene rings is 8. The van der Waals surface area contributed by atoms with Gasteiger partial charge in [-0.05, 0) is 118 Å². The normalized spacial score (nSPS) is 10.8. The molecule has 8 aromatic rings. The SMILES string of the molecule is CCCc1ccc(-c2ccc(-c3ccc(-c4ccc(C)cc4)c(F)c3)cc2)cc1.CCCc1ccc(-c2ccc(-c3ccc(-c4ccc(OCC)cc4)c(F)c3)cc2)cc1. The Kier molecular flexibility index (Phi) is 13.8. The Hall–Kier alpha value is -6.58. The molecular formula is C57H52F2O. The molecule has 0 spiro atoms. The van der Waals surface area contributed by atoms with Gasteiger partial charge in [0.25, 0.3) is 0 Å². The van der Waals surface area contributed by atoms with E-state index in [0.717, 1.165) is 64.8 Å². The maximum atomic E-state index is 14.9. The third kappa shape index (κ3) is 10.3. The zero-order valence-corrected chi connectivity index (χ0v) is 35.0. The van der Waals surface area contributed by atoms with Gasteiger partial charge in [-0.25, -0.2) is 8.78 Å². The first kappa shape index (κ1) is 41.6. The molecule has 0 aliphatic rings. The summed E-state index contributed by atoms with van der Waals surface area (Å²) in [5, 5.41) is 0. The smallest absolute Gasteiger partial charge is 0.131 e. The van der Waals surface area contributed by atoms with E-state index in [-0.39, 0.29) is 11.6 Å². The van der Waals surface area contributed by atoms with E-state index in [1.807, 2.05) is 86.6 Å². The molecule has 1 nitrogen and oxygen atoms in total. The number of ether oxygens (including phenoxy) is 1. The second kappa shape index (κ2) is 19.9. The van der Waals surface area contributed by atoms with Crippen LogP contribution in [0.15, 0.2) is 182 Å². The van der Waals surface area contributed by atoms with Crippen molar-refractivity contribution in [1.29, 1.82) is 0 Å². The number of hydrogen-bond donors (Lipinski definition) is 0. The predicted octanol–water partition coefficient (Wildman–Crippen LogP) is 16.3. The summed E-state index contributed by atoms with van der Waals surface area (Å²) in [4.78, 5) is 0. The topological polar surface area (TPSA) is 9.23 Å². The lowest BCUT2D eigenvalue weighted by Gasteiger charge is -2.09. The minimum Gasteiger partial charge on any atom is -0.494 e.